The summed E-state index contributed by atoms with van der Waals surface area (Å²) in [5, 5.41) is 1.54. The maximum atomic E-state index is 5.50. The molecule has 3 N–H and O–H groups in total. The van der Waals surface area contributed by atoms with Gasteiger partial charge in [-0.25, -0.2) is 9.97 Å². The summed E-state index contributed by atoms with van der Waals surface area (Å²) in [6, 6.07) is 0. The van der Waals surface area contributed by atoms with Crippen LogP contribution in [0.4, 0.5) is 5.13 Å². The molecule has 0 aromatic carbocycles. The molecule has 0 atom stereocenters. The summed E-state index contributed by atoms with van der Waals surface area (Å²) in [4.78, 5) is 12.3. The van der Waals surface area contributed by atoms with E-state index in [0.717, 1.165) is 10.9 Å². The van der Waals surface area contributed by atoms with Gasteiger partial charge >= 0.3 is 0 Å². The molecule has 4 nitrogen and oxygen atoms in total. The number of hydrogen-bond donors (Lipinski definition) is 2. The molecule has 0 saturated heterocycles. The fraction of sp³-hybridized carbons (Fsp3) is 0.143. The molecule has 0 saturated carbocycles. The standard InChI is InChI=1S/C7H8N4S2/c8-6-11-3-5(13-6)4-12-7-9-1-2-10-7/h1-3H,4H2,(H2,8,11)(H,9,10). The minimum atomic E-state index is 0.620. The van der Waals surface area contributed by atoms with Gasteiger partial charge in [-0.15, -0.1) is 11.3 Å². The van der Waals surface area contributed by atoms with Gasteiger partial charge in [-0.05, 0) is 0 Å². The Morgan fingerprint density at radius 3 is 3.08 bits per heavy atom. The normalized spacial score (nSPS) is 10.5. The van der Waals surface area contributed by atoms with Gasteiger partial charge in [0.15, 0.2) is 10.3 Å². The Bertz CT molecular complexity index is 368. The molecule has 68 valence electrons. The number of thioether (sulfide) groups is 1. The molecule has 0 unspecified atom stereocenters. The molecular formula is C7H8N4S2. The van der Waals surface area contributed by atoms with E-state index in [2.05, 4.69) is 15.0 Å². The van der Waals surface area contributed by atoms with Crippen molar-refractivity contribution in [1.82, 2.24) is 15.0 Å². The lowest BCUT2D eigenvalue weighted by atomic mass is 10.6. The Kier molecular flexibility index (Phi) is 2.51. The van der Waals surface area contributed by atoms with Crippen molar-refractivity contribution in [2.24, 2.45) is 0 Å². The van der Waals surface area contributed by atoms with Crippen LogP contribution in [0.5, 0.6) is 0 Å². The summed E-state index contributed by atoms with van der Waals surface area (Å²) < 4.78 is 0. The lowest BCUT2D eigenvalue weighted by molar-refractivity contribution is 1.06. The summed E-state index contributed by atoms with van der Waals surface area (Å²) >= 11 is 3.16. The highest BCUT2D eigenvalue weighted by Crippen LogP contribution is 2.23. The van der Waals surface area contributed by atoms with Gasteiger partial charge in [0, 0.05) is 29.2 Å². The quantitative estimate of drug-likeness (QED) is 0.760. The number of aromatic amines is 1. The van der Waals surface area contributed by atoms with Crippen molar-refractivity contribution in [3.63, 3.8) is 0 Å². The molecule has 0 bridgehead atoms. The van der Waals surface area contributed by atoms with Crippen molar-refractivity contribution in [3.8, 4) is 0 Å². The number of thiazole rings is 1. The third-order valence-electron chi connectivity index (χ3n) is 1.40. The minimum absolute atomic E-state index is 0.620. The van der Waals surface area contributed by atoms with E-state index in [-0.39, 0.29) is 0 Å². The number of anilines is 1. The topological polar surface area (TPSA) is 67.6 Å². The number of imidazole rings is 1. The highest BCUT2D eigenvalue weighted by Gasteiger charge is 2.00. The molecule has 0 aliphatic heterocycles. The number of hydrogen-bond acceptors (Lipinski definition) is 5. The summed E-state index contributed by atoms with van der Waals surface area (Å²) in [6.07, 6.45) is 5.35. The molecule has 0 aliphatic carbocycles. The van der Waals surface area contributed by atoms with E-state index in [1.54, 1.807) is 24.2 Å². The van der Waals surface area contributed by atoms with E-state index in [1.807, 2.05) is 6.20 Å². The molecule has 2 aromatic heterocycles. The van der Waals surface area contributed by atoms with Crippen molar-refractivity contribution in [2.75, 3.05) is 5.73 Å². The molecule has 2 rings (SSSR count). The Morgan fingerprint density at radius 2 is 2.46 bits per heavy atom. The number of nitrogens with zero attached hydrogens (tertiary/aromatic N) is 2. The van der Waals surface area contributed by atoms with Gasteiger partial charge in [0.25, 0.3) is 0 Å². The first-order valence-corrected chi connectivity index (χ1v) is 5.47. The zero-order valence-electron chi connectivity index (χ0n) is 6.73. The zero-order chi connectivity index (χ0) is 9.10. The first kappa shape index (κ1) is 8.58. The zero-order valence-corrected chi connectivity index (χ0v) is 8.36. The van der Waals surface area contributed by atoms with Crippen LogP contribution in [0.1, 0.15) is 4.88 Å². The number of H-pyrrole nitrogens is 1. The lowest BCUT2D eigenvalue weighted by Gasteiger charge is -1.92. The highest BCUT2D eigenvalue weighted by molar-refractivity contribution is 7.98. The van der Waals surface area contributed by atoms with Gasteiger partial charge in [0.1, 0.15) is 0 Å². The van der Waals surface area contributed by atoms with Crippen LogP contribution in [0.25, 0.3) is 0 Å². The van der Waals surface area contributed by atoms with Gasteiger partial charge < -0.3 is 10.7 Å². The second-order valence-electron chi connectivity index (χ2n) is 2.35. The Hall–Kier alpha value is -1.01. The largest absolute Gasteiger partial charge is 0.375 e. The first-order chi connectivity index (χ1) is 6.34. The maximum absolute atomic E-state index is 5.50. The predicted octanol–water partition coefficient (Wildman–Crippen LogP) is 1.74. The van der Waals surface area contributed by atoms with Crippen molar-refractivity contribution in [2.45, 2.75) is 10.9 Å². The van der Waals surface area contributed by atoms with Crippen molar-refractivity contribution in [3.05, 3.63) is 23.5 Å². The Labute approximate surface area is 83.6 Å². The van der Waals surface area contributed by atoms with E-state index in [0.29, 0.717) is 5.13 Å². The number of rotatable bonds is 3. The summed E-state index contributed by atoms with van der Waals surface area (Å²) in [7, 11) is 0. The van der Waals surface area contributed by atoms with Crippen LogP contribution < -0.4 is 5.73 Å². The number of nitrogen functional groups attached to an aromatic ring is 1. The molecule has 0 radical (unpaired) electrons. The number of nitrogens with two attached hydrogens (primary N) is 1. The van der Waals surface area contributed by atoms with Gasteiger partial charge in [-0.2, -0.15) is 0 Å². The summed E-state index contributed by atoms with van der Waals surface area (Å²) in [5.41, 5.74) is 5.50. The third-order valence-corrected chi connectivity index (χ3v) is 3.36. The first-order valence-electron chi connectivity index (χ1n) is 3.67. The minimum Gasteiger partial charge on any atom is -0.375 e. The van der Waals surface area contributed by atoms with Crippen molar-refractivity contribution >= 4 is 28.2 Å². The van der Waals surface area contributed by atoms with E-state index in [4.69, 9.17) is 5.73 Å². The van der Waals surface area contributed by atoms with Crippen LogP contribution in [0.2, 0.25) is 0 Å². The van der Waals surface area contributed by atoms with Crippen LogP contribution in [-0.4, -0.2) is 15.0 Å². The predicted molar refractivity (Wildman–Crippen MR) is 54.7 cm³/mol. The fourth-order valence-corrected chi connectivity index (χ4v) is 2.39. The van der Waals surface area contributed by atoms with E-state index in [1.165, 1.54) is 16.2 Å². The molecule has 6 heteroatoms. The van der Waals surface area contributed by atoms with Gasteiger partial charge in [0.05, 0.1) is 0 Å². The average Bonchev–Trinajstić information content (AvgIpc) is 2.71. The molecule has 0 amide bonds. The van der Waals surface area contributed by atoms with E-state index >= 15 is 0 Å². The molecule has 2 heterocycles. The van der Waals surface area contributed by atoms with Crippen LogP contribution >= 0.6 is 23.1 Å². The van der Waals surface area contributed by atoms with E-state index in [9.17, 15) is 0 Å². The highest BCUT2D eigenvalue weighted by atomic mass is 32.2. The summed E-state index contributed by atoms with van der Waals surface area (Å²) in [5.74, 6) is 0.863. The summed E-state index contributed by atoms with van der Waals surface area (Å²) in [6.45, 7) is 0. The average molecular weight is 212 g/mol. The van der Waals surface area contributed by atoms with Crippen LogP contribution in [0.3, 0.4) is 0 Å². The van der Waals surface area contributed by atoms with Crippen molar-refractivity contribution in [1.29, 1.82) is 0 Å². The second-order valence-corrected chi connectivity index (χ2v) is 4.46. The van der Waals surface area contributed by atoms with Gasteiger partial charge in [0.2, 0.25) is 0 Å². The molecular weight excluding hydrogens is 204 g/mol. The smallest absolute Gasteiger partial charge is 0.180 e. The van der Waals surface area contributed by atoms with Crippen LogP contribution in [-0.2, 0) is 5.75 Å². The molecule has 13 heavy (non-hydrogen) atoms. The second kappa shape index (κ2) is 3.80. The van der Waals surface area contributed by atoms with Gasteiger partial charge in [-0.1, -0.05) is 11.8 Å². The third kappa shape index (κ3) is 2.22. The van der Waals surface area contributed by atoms with Crippen LogP contribution in [0.15, 0.2) is 23.7 Å². The molecule has 0 fully saturated rings. The monoisotopic (exact) mass is 212 g/mol. The molecule has 0 spiro atoms. The van der Waals surface area contributed by atoms with Gasteiger partial charge in [-0.3, -0.25) is 0 Å². The Morgan fingerprint density at radius 1 is 1.54 bits per heavy atom. The molecule has 0 aliphatic rings. The fourth-order valence-electron chi connectivity index (χ4n) is 0.859. The number of aromatic nitrogens is 3. The SMILES string of the molecule is Nc1ncc(CSc2ncc[nH]2)s1. The van der Waals surface area contributed by atoms with E-state index < -0.39 is 0 Å². The Balaban J connectivity index is 1.93. The lowest BCUT2D eigenvalue weighted by Crippen LogP contribution is -1.77. The van der Waals surface area contributed by atoms with Crippen LogP contribution in [0, 0.1) is 0 Å². The number of nitrogens with one attached hydrogen (secondary N) is 1. The molecule has 2 aromatic rings. The maximum Gasteiger partial charge on any atom is 0.180 e. The van der Waals surface area contributed by atoms with Crippen molar-refractivity contribution < 1.29 is 0 Å².